The number of rotatable bonds is 10. The van der Waals surface area contributed by atoms with Crippen molar-refractivity contribution < 1.29 is 4.74 Å². The van der Waals surface area contributed by atoms with Gasteiger partial charge < -0.3 is 10.1 Å². The first-order chi connectivity index (χ1) is 9.18. The summed E-state index contributed by atoms with van der Waals surface area (Å²) in [6.07, 6.45) is 3.75. The molecule has 0 spiro atoms. The van der Waals surface area contributed by atoms with Crippen LogP contribution in [0.3, 0.4) is 0 Å². The van der Waals surface area contributed by atoms with Crippen LogP contribution < -0.4 is 5.32 Å². The molecule has 0 heterocycles. The molecule has 0 saturated heterocycles. The third kappa shape index (κ3) is 8.79. The van der Waals surface area contributed by atoms with Crippen LogP contribution in [0.15, 0.2) is 30.3 Å². The van der Waals surface area contributed by atoms with Crippen molar-refractivity contribution in [3.05, 3.63) is 35.9 Å². The van der Waals surface area contributed by atoms with E-state index in [1.807, 2.05) is 0 Å². The van der Waals surface area contributed by atoms with Gasteiger partial charge in [0, 0.05) is 13.2 Å². The molecule has 0 aliphatic rings. The average molecular weight is 263 g/mol. The summed E-state index contributed by atoms with van der Waals surface area (Å²) >= 11 is 0. The third-order valence-electron chi connectivity index (χ3n) is 3.19. The van der Waals surface area contributed by atoms with Crippen molar-refractivity contribution in [2.75, 3.05) is 19.7 Å². The van der Waals surface area contributed by atoms with Crippen LogP contribution in [-0.4, -0.2) is 25.8 Å². The predicted molar refractivity (Wildman–Crippen MR) is 82.5 cm³/mol. The van der Waals surface area contributed by atoms with Crippen LogP contribution in [0.2, 0.25) is 0 Å². The van der Waals surface area contributed by atoms with E-state index < -0.39 is 0 Å². The van der Waals surface area contributed by atoms with Crippen molar-refractivity contribution in [3.8, 4) is 0 Å². The van der Waals surface area contributed by atoms with Crippen molar-refractivity contribution in [3.63, 3.8) is 0 Å². The van der Waals surface area contributed by atoms with Crippen LogP contribution in [0, 0.1) is 5.92 Å². The Morgan fingerprint density at radius 3 is 2.53 bits per heavy atom. The number of aryl methyl sites for hydroxylation is 1. The molecular formula is C17H29NO. The summed E-state index contributed by atoms with van der Waals surface area (Å²) in [6.45, 7) is 9.55. The summed E-state index contributed by atoms with van der Waals surface area (Å²) in [5.74, 6) is 0.773. The molecule has 1 aromatic carbocycles. The van der Waals surface area contributed by atoms with Gasteiger partial charge in [-0.15, -0.1) is 0 Å². The Labute approximate surface area is 118 Å². The number of nitrogens with one attached hydrogen (secondary N) is 1. The van der Waals surface area contributed by atoms with Gasteiger partial charge in [-0.3, -0.25) is 0 Å². The second kappa shape index (κ2) is 9.99. The van der Waals surface area contributed by atoms with Crippen LogP contribution >= 0.6 is 0 Å². The van der Waals surface area contributed by atoms with E-state index in [1.165, 1.54) is 12.0 Å². The lowest BCUT2D eigenvalue weighted by Gasteiger charge is -2.14. The number of ether oxygens (including phenoxy) is 1. The maximum atomic E-state index is 5.81. The second-order valence-electron chi connectivity index (χ2n) is 5.66. The first-order valence-corrected chi connectivity index (χ1v) is 7.54. The van der Waals surface area contributed by atoms with Crippen molar-refractivity contribution in [2.45, 2.75) is 46.1 Å². The summed E-state index contributed by atoms with van der Waals surface area (Å²) in [5.41, 5.74) is 1.40. The third-order valence-corrected chi connectivity index (χ3v) is 3.19. The monoisotopic (exact) mass is 263 g/mol. The minimum atomic E-state index is 0.308. The molecule has 1 unspecified atom stereocenters. The molecule has 1 atom stereocenters. The number of hydrogen-bond acceptors (Lipinski definition) is 2. The van der Waals surface area contributed by atoms with E-state index in [2.05, 4.69) is 56.4 Å². The molecule has 0 bridgehead atoms. The van der Waals surface area contributed by atoms with Crippen LogP contribution in [0.1, 0.15) is 39.2 Å². The van der Waals surface area contributed by atoms with E-state index in [4.69, 9.17) is 4.74 Å². The van der Waals surface area contributed by atoms with Gasteiger partial charge in [-0.25, -0.2) is 0 Å². The molecule has 0 aromatic heterocycles. The zero-order valence-electron chi connectivity index (χ0n) is 12.7. The van der Waals surface area contributed by atoms with Crippen LogP contribution in [0.4, 0.5) is 0 Å². The Morgan fingerprint density at radius 2 is 1.84 bits per heavy atom. The number of benzene rings is 1. The molecule has 0 fully saturated rings. The Morgan fingerprint density at radius 1 is 1.11 bits per heavy atom. The fourth-order valence-corrected chi connectivity index (χ4v) is 1.96. The Balaban J connectivity index is 1.97. The van der Waals surface area contributed by atoms with Gasteiger partial charge in [0.1, 0.15) is 0 Å². The van der Waals surface area contributed by atoms with Gasteiger partial charge in [-0.05, 0) is 44.2 Å². The molecule has 0 aliphatic carbocycles. The molecule has 1 rings (SSSR count). The lowest BCUT2D eigenvalue weighted by molar-refractivity contribution is 0.0643. The molecule has 2 heteroatoms. The van der Waals surface area contributed by atoms with Gasteiger partial charge >= 0.3 is 0 Å². The highest BCUT2D eigenvalue weighted by Gasteiger charge is 2.02. The fraction of sp³-hybridized carbons (Fsp3) is 0.647. The Hall–Kier alpha value is -0.860. The fourth-order valence-electron chi connectivity index (χ4n) is 1.96. The standard InChI is InChI=1S/C17H29NO/c1-15(2)11-12-18-14-16(3)19-13-7-10-17-8-5-4-6-9-17/h4-6,8-9,15-16,18H,7,10-14H2,1-3H3. The summed E-state index contributed by atoms with van der Waals surface area (Å²) < 4.78 is 5.81. The predicted octanol–water partition coefficient (Wildman–Crippen LogP) is 3.66. The topological polar surface area (TPSA) is 21.3 Å². The van der Waals surface area contributed by atoms with Crippen molar-refractivity contribution in [1.82, 2.24) is 5.32 Å². The molecule has 1 N–H and O–H groups in total. The maximum Gasteiger partial charge on any atom is 0.0671 e. The molecule has 2 nitrogen and oxygen atoms in total. The first kappa shape index (κ1) is 16.2. The highest BCUT2D eigenvalue weighted by atomic mass is 16.5. The van der Waals surface area contributed by atoms with Gasteiger partial charge in [-0.1, -0.05) is 44.2 Å². The van der Waals surface area contributed by atoms with Crippen LogP contribution in [0.25, 0.3) is 0 Å². The molecule has 0 amide bonds. The molecule has 0 aliphatic heterocycles. The van der Waals surface area contributed by atoms with Gasteiger partial charge in [-0.2, -0.15) is 0 Å². The second-order valence-corrected chi connectivity index (χ2v) is 5.66. The van der Waals surface area contributed by atoms with Gasteiger partial charge in [0.15, 0.2) is 0 Å². The molecule has 19 heavy (non-hydrogen) atoms. The quantitative estimate of drug-likeness (QED) is 0.650. The van der Waals surface area contributed by atoms with E-state index in [9.17, 15) is 0 Å². The minimum Gasteiger partial charge on any atom is -0.377 e. The number of hydrogen-bond donors (Lipinski definition) is 1. The first-order valence-electron chi connectivity index (χ1n) is 7.54. The molecule has 108 valence electrons. The highest BCUT2D eigenvalue weighted by molar-refractivity contribution is 5.14. The zero-order valence-corrected chi connectivity index (χ0v) is 12.7. The lowest BCUT2D eigenvalue weighted by Crippen LogP contribution is -2.28. The Bertz CT molecular complexity index is 310. The normalized spacial score (nSPS) is 12.8. The van der Waals surface area contributed by atoms with E-state index in [0.717, 1.165) is 38.5 Å². The van der Waals surface area contributed by atoms with Crippen molar-refractivity contribution in [2.24, 2.45) is 5.92 Å². The van der Waals surface area contributed by atoms with Gasteiger partial charge in [0.05, 0.1) is 6.10 Å². The molecule has 1 aromatic rings. The van der Waals surface area contributed by atoms with Gasteiger partial charge in [0.2, 0.25) is 0 Å². The van der Waals surface area contributed by atoms with E-state index in [0.29, 0.717) is 6.10 Å². The Kier molecular flexibility index (Phi) is 8.52. The average Bonchev–Trinajstić information content (AvgIpc) is 2.41. The van der Waals surface area contributed by atoms with E-state index >= 15 is 0 Å². The maximum absolute atomic E-state index is 5.81. The molecular weight excluding hydrogens is 234 g/mol. The van der Waals surface area contributed by atoms with Crippen LogP contribution in [-0.2, 0) is 11.2 Å². The van der Waals surface area contributed by atoms with Crippen LogP contribution in [0.5, 0.6) is 0 Å². The van der Waals surface area contributed by atoms with Crippen molar-refractivity contribution >= 4 is 0 Å². The molecule has 0 radical (unpaired) electrons. The largest absolute Gasteiger partial charge is 0.377 e. The summed E-state index contributed by atoms with van der Waals surface area (Å²) in [4.78, 5) is 0. The van der Waals surface area contributed by atoms with Crippen molar-refractivity contribution in [1.29, 1.82) is 0 Å². The molecule has 0 saturated carbocycles. The minimum absolute atomic E-state index is 0.308. The summed E-state index contributed by atoms with van der Waals surface area (Å²) in [6, 6.07) is 10.6. The van der Waals surface area contributed by atoms with E-state index in [1.54, 1.807) is 0 Å². The smallest absolute Gasteiger partial charge is 0.0671 e. The zero-order chi connectivity index (χ0) is 13.9. The SMILES string of the molecule is CC(C)CCNCC(C)OCCCc1ccccc1. The van der Waals surface area contributed by atoms with Gasteiger partial charge in [0.25, 0.3) is 0 Å². The lowest BCUT2D eigenvalue weighted by atomic mass is 10.1. The van der Waals surface area contributed by atoms with E-state index in [-0.39, 0.29) is 0 Å². The summed E-state index contributed by atoms with van der Waals surface area (Å²) in [5, 5.41) is 3.45. The highest BCUT2D eigenvalue weighted by Crippen LogP contribution is 2.03. The summed E-state index contributed by atoms with van der Waals surface area (Å²) in [7, 11) is 0.